The van der Waals surface area contributed by atoms with E-state index in [2.05, 4.69) is 64.3 Å². The Balaban J connectivity index is 1.84. The zero-order valence-corrected chi connectivity index (χ0v) is 15.7. The normalized spacial score (nSPS) is 13.7. The van der Waals surface area contributed by atoms with Gasteiger partial charge in [-0.1, -0.05) is 48.5 Å². The van der Waals surface area contributed by atoms with Gasteiger partial charge in [0.15, 0.2) is 6.04 Å². The molecule has 0 bridgehead atoms. The van der Waals surface area contributed by atoms with Crippen molar-refractivity contribution in [2.24, 2.45) is 0 Å². The number of fused-ring (bicyclic) bond motifs is 1. The van der Waals surface area contributed by atoms with Crippen LogP contribution in [0, 0.1) is 0 Å². The van der Waals surface area contributed by atoms with Crippen molar-refractivity contribution >= 4 is 16.8 Å². The number of aromatic amines is 1. The number of quaternary nitrogens is 1. The summed E-state index contributed by atoms with van der Waals surface area (Å²) < 4.78 is 0. The Hall–Kier alpha value is -2.59. The van der Waals surface area contributed by atoms with Gasteiger partial charge >= 0.3 is 0 Å². The molecule has 136 valence electrons. The van der Waals surface area contributed by atoms with Crippen molar-refractivity contribution in [3.63, 3.8) is 0 Å². The minimum absolute atomic E-state index is 0.0886. The minimum atomic E-state index is -0.117. The Bertz CT molecular complexity index is 854. The highest BCUT2D eigenvalue weighted by Crippen LogP contribution is 2.29. The third-order valence-corrected chi connectivity index (χ3v) is 4.77. The van der Waals surface area contributed by atoms with Crippen LogP contribution in [0.1, 0.15) is 37.8 Å². The molecule has 0 aliphatic heterocycles. The quantitative estimate of drug-likeness (QED) is 0.603. The maximum Gasteiger partial charge on any atom is 0.278 e. The van der Waals surface area contributed by atoms with E-state index in [0.717, 1.165) is 12.1 Å². The number of hydrogen-bond donors (Lipinski definition) is 3. The fourth-order valence-corrected chi connectivity index (χ4v) is 3.37. The largest absolute Gasteiger partial charge is 0.361 e. The van der Waals surface area contributed by atoms with Crippen molar-refractivity contribution in [2.75, 3.05) is 6.54 Å². The van der Waals surface area contributed by atoms with E-state index < -0.39 is 0 Å². The molecule has 2 aromatic carbocycles. The van der Waals surface area contributed by atoms with Gasteiger partial charge < -0.3 is 15.6 Å². The Morgan fingerprint density at radius 3 is 2.46 bits per heavy atom. The number of rotatable bonds is 7. The number of H-pyrrole nitrogens is 1. The lowest BCUT2D eigenvalue weighted by Gasteiger charge is -2.19. The lowest BCUT2D eigenvalue weighted by Crippen LogP contribution is -2.92. The van der Waals surface area contributed by atoms with E-state index >= 15 is 0 Å². The Labute approximate surface area is 155 Å². The minimum Gasteiger partial charge on any atom is -0.361 e. The van der Waals surface area contributed by atoms with E-state index in [4.69, 9.17) is 0 Å². The zero-order valence-electron chi connectivity index (χ0n) is 15.7. The Morgan fingerprint density at radius 2 is 1.73 bits per heavy atom. The first-order valence-corrected chi connectivity index (χ1v) is 9.31. The second-order valence-corrected chi connectivity index (χ2v) is 7.18. The fourth-order valence-electron chi connectivity index (χ4n) is 3.37. The summed E-state index contributed by atoms with van der Waals surface area (Å²) in [6.45, 7) is 6.76. The second kappa shape index (κ2) is 8.19. The van der Waals surface area contributed by atoms with Crippen molar-refractivity contribution in [3.05, 3.63) is 71.9 Å². The molecule has 0 saturated carbocycles. The number of nitrogens with two attached hydrogens (primary N) is 1. The molecule has 4 nitrogen and oxygen atoms in total. The molecule has 4 N–H and O–H groups in total. The second-order valence-electron chi connectivity index (χ2n) is 7.18. The highest BCUT2D eigenvalue weighted by Gasteiger charge is 2.23. The highest BCUT2D eigenvalue weighted by atomic mass is 16.2. The van der Waals surface area contributed by atoms with Crippen molar-refractivity contribution in [1.82, 2.24) is 10.3 Å². The number of aromatic nitrogens is 1. The SMILES string of the molecule is CC(C)NC(=O)[C@H](C)[NH2+]C[C@H](c1ccccc1)c1c[nH]c2ccccc12. The van der Waals surface area contributed by atoms with Crippen LogP contribution in [-0.2, 0) is 4.79 Å². The summed E-state index contributed by atoms with van der Waals surface area (Å²) >= 11 is 0. The van der Waals surface area contributed by atoms with E-state index in [-0.39, 0.29) is 23.9 Å². The molecule has 0 spiro atoms. The van der Waals surface area contributed by atoms with Crippen LogP contribution >= 0.6 is 0 Å². The topological polar surface area (TPSA) is 61.5 Å². The number of amides is 1. The molecule has 26 heavy (non-hydrogen) atoms. The van der Waals surface area contributed by atoms with E-state index in [1.807, 2.05) is 32.9 Å². The van der Waals surface area contributed by atoms with Gasteiger partial charge in [0.25, 0.3) is 5.91 Å². The Kier molecular flexibility index (Phi) is 5.74. The van der Waals surface area contributed by atoms with Crippen molar-refractivity contribution < 1.29 is 10.1 Å². The Morgan fingerprint density at radius 1 is 1.04 bits per heavy atom. The number of para-hydroxylation sites is 1. The highest BCUT2D eigenvalue weighted by molar-refractivity contribution is 5.84. The number of hydrogen-bond acceptors (Lipinski definition) is 1. The zero-order chi connectivity index (χ0) is 18.5. The summed E-state index contributed by atoms with van der Waals surface area (Å²) in [5.74, 6) is 0.312. The van der Waals surface area contributed by atoms with Crippen LogP contribution in [-0.4, -0.2) is 29.5 Å². The molecule has 0 radical (unpaired) electrons. The van der Waals surface area contributed by atoms with E-state index in [0.29, 0.717) is 0 Å². The van der Waals surface area contributed by atoms with E-state index in [1.54, 1.807) is 0 Å². The van der Waals surface area contributed by atoms with Crippen LogP contribution in [0.25, 0.3) is 10.9 Å². The lowest BCUT2D eigenvalue weighted by molar-refractivity contribution is -0.674. The maximum absolute atomic E-state index is 12.3. The smallest absolute Gasteiger partial charge is 0.278 e. The molecule has 1 amide bonds. The molecule has 4 heteroatoms. The molecule has 1 heterocycles. The van der Waals surface area contributed by atoms with Crippen LogP contribution in [0.5, 0.6) is 0 Å². The van der Waals surface area contributed by atoms with Gasteiger partial charge in [-0.25, -0.2) is 0 Å². The summed E-state index contributed by atoms with van der Waals surface area (Å²) in [4.78, 5) is 15.6. The molecule has 3 aromatic rings. The molecular formula is C22H28N3O+. The molecule has 0 fully saturated rings. The monoisotopic (exact) mass is 350 g/mol. The third-order valence-electron chi connectivity index (χ3n) is 4.77. The fraction of sp³-hybridized carbons (Fsp3) is 0.318. The average Bonchev–Trinajstić information content (AvgIpc) is 3.06. The molecule has 0 unspecified atom stereocenters. The first kappa shape index (κ1) is 18.2. The lowest BCUT2D eigenvalue weighted by atomic mass is 9.90. The van der Waals surface area contributed by atoms with Gasteiger partial charge in [0.05, 0.1) is 12.5 Å². The summed E-state index contributed by atoms with van der Waals surface area (Å²) in [6.07, 6.45) is 2.11. The summed E-state index contributed by atoms with van der Waals surface area (Å²) in [5.41, 5.74) is 3.69. The van der Waals surface area contributed by atoms with Crippen molar-refractivity contribution in [1.29, 1.82) is 0 Å². The molecule has 3 rings (SSSR count). The van der Waals surface area contributed by atoms with Crippen LogP contribution in [0.4, 0.5) is 0 Å². The number of benzene rings is 2. The van der Waals surface area contributed by atoms with Crippen LogP contribution in [0.15, 0.2) is 60.8 Å². The van der Waals surface area contributed by atoms with Gasteiger partial charge in [-0.2, -0.15) is 0 Å². The van der Waals surface area contributed by atoms with Crippen molar-refractivity contribution in [2.45, 2.75) is 38.8 Å². The average molecular weight is 350 g/mol. The number of nitrogens with one attached hydrogen (secondary N) is 2. The number of carbonyl (C=O) groups excluding carboxylic acids is 1. The third kappa shape index (κ3) is 4.14. The summed E-state index contributed by atoms with van der Waals surface area (Å²) in [6, 6.07) is 18.9. The van der Waals surface area contributed by atoms with Gasteiger partial charge in [0, 0.05) is 23.1 Å². The molecule has 0 aliphatic rings. The first-order valence-electron chi connectivity index (χ1n) is 9.31. The summed E-state index contributed by atoms with van der Waals surface area (Å²) in [5, 5.41) is 6.37. The summed E-state index contributed by atoms with van der Waals surface area (Å²) in [7, 11) is 0. The van der Waals surface area contributed by atoms with Crippen LogP contribution in [0.2, 0.25) is 0 Å². The van der Waals surface area contributed by atoms with E-state index in [9.17, 15) is 4.79 Å². The first-order chi connectivity index (χ1) is 12.6. The van der Waals surface area contributed by atoms with Crippen LogP contribution < -0.4 is 10.6 Å². The van der Waals surface area contributed by atoms with Crippen LogP contribution in [0.3, 0.4) is 0 Å². The number of carbonyl (C=O) groups is 1. The molecular weight excluding hydrogens is 322 g/mol. The molecule has 1 aromatic heterocycles. The van der Waals surface area contributed by atoms with Gasteiger partial charge in [0.1, 0.15) is 0 Å². The predicted molar refractivity (Wildman–Crippen MR) is 106 cm³/mol. The van der Waals surface area contributed by atoms with Gasteiger partial charge in [-0.3, -0.25) is 4.79 Å². The standard InChI is InChI=1S/C22H27N3O/c1-15(2)25-22(26)16(3)23-13-19(17-9-5-4-6-10-17)20-14-24-21-12-8-7-11-18(20)21/h4-12,14-16,19,23-24H,13H2,1-3H3,(H,25,26)/p+1/t16-,19+/m0/s1. The van der Waals surface area contributed by atoms with Gasteiger partial charge in [-0.15, -0.1) is 0 Å². The van der Waals surface area contributed by atoms with Gasteiger partial charge in [-0.05, 0) is 38.0 Å². The van der Waals surface area contributed by atoms with E-state index in [1.165, 1.54) is 16.5 Å². The molecule has 2 atom stereocenters. The van der Waals surface area contributed by atoms with Gasteiger partial charge in [0.2, 0.25) is 0 Å². The molecule has 0 aliphatic carbocycles. The maximum atomic E-state index is 12.3. The predicted octanol–water partition coefficient (Wildman–Crippen LogP) is 2.78. The molecule has 0 saturated heterocycles. The van der Waals surface area contributed by atoms with Crippen molar-refractivity contribution in [3.8, 4) is 0 Å².